The van der Waals surface area contributed by atoms with E-state index in [2.05, 4.69) is 31.2 Å². The molecular weight excluding hydrogens is 400 g/mol. The van der Waals surface area contributed by atoms with Gasteiger partial charge in [-0.15, -0.1) is 21.5 Å². The number of benzene rings is 1. The van der Waals surface area contributed by atoms with Crippen molar-refractivity contribution >= 4 is 34.7 Å². The Morgan fingerprint density at radius 2 is 2.04 bits per heavy atom. The molecule has 1 aliphatic rings. The lowest BCUT2D eigenvalue weighted by Gasteiger charge is -2.06. The Hall–Kier alpha value is -2.09. The molecule has 0 amide bonds. The molecule has 27 heavy (non-hydrogen) atoms. The third-order valence-electron chi connectivity index (χ3n) is 4.33. The molecule has 4 aromatic rings. The molecule has 1 fully saturated rings. The van der Waals surface area contributed by atoms with E-state index in [4.69, 9.17) is 16.0 Å². The molecule has 0 spiro atoms. The SMILES string of the molecule is Clc1ccc(-c2cnc(CSc3nnc(-c4cccs4)n3C3CC3)o2)cc1. The van der Waals surface area contributed by atoms with Crippen molar-refractivity contribution in [2.75, 3.05) is 0 Å². The minimum absolute atomic E-state index is 0.508. The molecule has 1 aliphatic carbocycles. The zero-order chi connectivity index (χ0) is 18.2. The first-order chi connectivity index (χ1) is 13.3. The summed E-state index contributed by atoms with van der Waals surface area (Å²) in [7, 11) is 0. The van der Waals surface area contributed by atoms with Gasteiger partial charge in [-0.3, -0.25) is 4.57 Å². The van der Waals surface area contributed by atoms with E-state index >= 15 is 0 Å². The number of oxazole rings is 1. The summed E-state index contributed by atoms with van der Waals surface area (Å²) in [6, 6.07) is 12.2. The van der Waals surface area contributed by atoms with Gasteiger partial charge in [-0.05, 0) is 48.6 Å². The van der Waals surface area contributed by atoms with Crippen LogP contribution in [0.1, 0.15) is 24.8 Å². The molecule has 5 nitrogen and oxygen atoms in total. The van der Waals surface area contributed by atoms with Crippen molar-refractivity contribution in [3.63, 3.8) is 0 Å². The van der Waals surface area contributed by atoms with Gasteiger partial charge in [0.05, 0.1) is 16.8 Å². The number of rotatable bonds is 6. The maximum atomic E-state index is 5.94. The molecule has 0 atom stereocenters. The molecular formula is C19H15ClN4OS2. The molecule has 5 rings (SSSR count). The lowest BCUT2D eigenvalue weighted by molar-refractivity contribution is 0.529. The van der Waals surface area contributed by atoms with Gasteiger partial charge >= 0.3 is 0 Å². The molecule has 0 saturated heterocycles. The number of nitrogens with zero attached hydrogens (tertiary/aromatic N) is 4. The molecule has 0 aliphatic heterocycles. The summed E-state index contributed by atoms with van der Waals surface area (Å²) in [5.41, 5.74) is 0.962. The van der Waals surface area contributed by atoms with Gasteiger partial charge in [0.15, 0.2) is 16.7 Å². The van der Waals surface area contributed by atoms with Gasteiger partial charge in [-0.2, -0.15) is 0 Å². The highest BCUT2D eigenvalue weighted by Gasteiger charge is 2.30. The lowest BCUT2D eigenvalue weighted by Crippen LogP contribution is -1.99. The number of aromatic nitrogens is 4. The average Bonchev–Trinajstić information content (AvgIpc) is 3.10. The number of thioether (sulfide) groups is 1. The first kappa shape index (κ1) is 17.0. The number of hydrogen-bond acceptors (Lipinski definition) is 6. The van der Waals surface area contributed by atoms with E-state index in [0.717, 1.165) is 27.2 Å². The van der Waals surface area contributed by atoms with Crippen LogP contribution < -0.4 is 0 Å². The highest BCUT2D eigenvalue weighted by atomic mass is 35.5. The molecule has 136 valence electrons. The Kier molecular flexibility index (Phi) is 4.51. The summed E-state index contributed by atoms with van der Waals surface area (Å²) in [5, 5.41) is 12.5. The maximum Gasteiger partial charge on any atom is 0.205 e. The highest BCUT2D eigenvalue weighted by Crippen LogP contribution is 2.42. The van der Waals surface area contributed by atoms with Crippen LogP contribution in [0.25, 0.3) is 22.0 Å². The standard InChI is InChI=1S/C19H15ClN4OS2/c20-13-5-3-12(4-6-13)15-10-21-17(25-15)11-27-19-23-22-18(16-2-1-9-26-16)24(19)14-7-8-14/h1-6,9-10,14H,7-8,11H2. The monoisotopic (exact) mass is 414 g/mol. The van der Waals surface area contributed by atoms with Gasteiger partial charge in [-0.1, -0.05) is 29.4 Å². The van der Waals surface area contributed by atoms with Crippen LogP contribution in [0.5, 0.6) is 0 Å². The van der Waals surface area contributed by atoms with Gasteiger partial charge in [0.1, 0.15) is 0 Å². The van der Waals surface area contributed by atoms with Crippen LogP contribution in [0.4, 0.5) is 0 Å². The molecule has 0 N–H and O–H groups in total. The quantitative estimate of drug-likeness (QED) is 0.365. The Morgan fingerprint density at radius 1 is 1.19 bits per heavy atom. The zero-order valence-electron chi connectivity index (χ0n) is 14.2. The minimum Gasteiger partial charge on any atom is -0.440 e. The van der Waals surface area contributed by atoms with Crippen LogP contribution in [-0.2, 0) is 5.75 Å². The van der Waals surface area contributed by atoms with Gasteiger partial charge in [0.25, 0.3) is 0 Å². The number of thiophene rings is 1. The maximum absolute atomic E-state index is 5.94. The minimum atomic E-state index is 0.508. The Morgan fingerprint density at radius 3 is 2.78 bits per heavy atom. The van der Waals surface area contributed by atoms with Crippen molar-refractivity contribution in [2.24, 2.45) is 0 Å². The van der Waals surface area contributed by atoms with Crippen LogP contribution in [0.2, 0.25) is 5.02 Å². The predicted octanol–water partition coefficient (Wildman–Crippen LogP) is 5.94. The van der Waals surface area contributed by atoms with Gasteiger partial charge < -0.3 is 4.42 Å². The second-order valence-corrected chi connectivity index (χ2v) is 8.63. The molecule has 1 aromatic carbocycles. The van der Waals surface area contributed by atoms with Crippen molar-refractivity contribution < 1.29 is 4.42 Å². The van der Waals surface area contributed by atoms with Gasteiger partial charge in [0, 0.05) is 16.6 Å². The fraction of sp³-hybridized carbons (Fsp3) is 0.211. The van der Waals surface area contributed by atoms with Crippen LogP contribution in [-0.4, -0.2) is 19.7 Å². The second kappa shape index (κ2) is 7.14. The fourth-order valence-corrected chi connectivity index (χ4v) is 4.55. The Labute approximate surface area is 169 Å². The molecule has 0 bridgehead atoms. The van der Waals surface area contributed by atoms with Crippen LogP contribution in [0.15, 0.2) is 57.5 Å². The van der Waals surface area contributed by atoms with Crippen LogP contribution in [0, 0.1) is 0 Å². The van der Waals surface area contributed by atoms with Crippen molar-refractivity contribution in [3.05, 3.63) is 58.9 Å². The molecule has 3 aromatic heterocycles. The number of hydrogen-bond donors (Lipinski definition) is 0. The second-order valence-electron chi connectivity index (χ2n) is 6.30. The highest BCUT2D eigenvalue weighted by molar-refractivity contribution is 7.98. The summed E-state index contributed by atoms with van der Waals surface area (Å²) in [4.78, 5) is 5.56. The Balaban J connectivity index is 1.34. The topological polar surface area (TPSA) is 56.7 Å². The predicted molar refractivity (Wildman–Crippen MR) is 108 cm³/mol. The third kappa shape index (κ3) is 3.54. The van der Waals surface area contributed by atoms with E-state index in [1.807, 2.05) is 30.3 Å². The largest absolute Gasteiger partial charge is 0.440 e. The van der Waals surface area contributed by atoms with Gasteiger partial charge in [-0.25, -0.2) is 4.98 Å². The summed E-state index contributed by atoms with van der Waals surface area (Å²) >= 11 is 9.25. The lowest BCUT2D eigenvalue weighted by atomic mass is 10.2. The number of halogens is 1. The van der Waals surface area contributed by atoms with E-state index in [1.165, 1.54) is 12.8 Å². The molecule has 3 heterocycles. The van der Waals surface area contributed by atoms with E-state index in [0.29, 0.717) is 22.7 Å². The van der Waals surface area contributed by atoms with E-state index in [1.54, 1.807) is 29.3 Å². The Bertz CT molecular complexity index is 1050. The van der Waals surface area contributed by atoms with E-state index < -0.39 is 0 Å². The smallest absolute Gasteiger partial charge is 0.205 e. The average molecular weight is 415 g/mol. The van der Waals surface area contributed by atoms with Crippen LogP contribution >= 0.6 is 34.7 Å². The van der Waals surface area contributed by atoms with Crippen LogP contribution in [0.3, 0.4) is 0 Å². The molecule has 8 heteroatoms. The van der Waals surface area contributed by atoms with E-state index in [-0.39, 0.29) is 0 Å². The molecule has 0 radical (unpaired) electrons. The van der Waals surface area contributed by atoms with Crippen molar-refractivity contribution in [1.29, 1.82) is 0 Å². The van der Waals surface area contributed by atoms with E-state index in [9.17, 15) is 0 Å². The van der Waals surface area contributed by atoms with Crippen molar-refractivity contribution in [3.8, 4) is 22.0 Å². The third-order valence-corrected chi connectivity index (χ3v) is 6.37. The summed E-state index contributed by atoms with van der Waals surface area (Å²) in [6.45, 7) is 0. The summed E-state index contributed by atoms with van der Waals surface area (Å²) in [5.74, 6) is 2.99. The van der Waals surface area contributed by atoms with Gasteiger partial charge in [0.2, 0.25) is 5.89 Å². The normalized spacial score (nSPS) is 14.0. The first-order valence-electron chi connectivity index (χ1n) is 8.60. The van der Waals surface area contributed by atoms with Crippen molar-refractivity contribution in [2.45, 2.75) is 29.8 Å². The molecule has 1 saturated carbocycles. The fourth-order valence-electron chi connectivity index (χ4n) is 2.86. The summed E-state index contributed by atoms with van der Waals surface area (Å²) < 4.78 is 8.16. The van der Waals surface area contributed by atoms with Crippen molar-refractivity contribution in [1.82, 2.24) is 19.7 Å². The zero-order valence-corrected chi connectivity index (χ0v) is 16.6. The summed E-state index contributed by atoms with van der Waals surface area (Å²) in [6.07, 6.45) is 4.12. The first-order valence-corrected chi connectivity index (χ1v) is 10.8. The molecule has 0 unspecified atom stereocenters.